The van der Waals surface area contributed by atoms with E-state index in [1.165, 1.54) is 17.7 Å². The first kappa shape index (κ1) is 9.71. The van der Waals surface area contributed by atoms with Gasteiger partial charge in [-0.3, -0.25) is 4.79 Å². The van der Waals surface area contributed by atoms with Crippen molar-refractivity contribution in [3.63, 3.8) is 0 Å². The summed E-state index contributed by atoms with van der Waals surface area (Å²) in [5, 5.41) is 2.07. The largest absolute Gasteiger partial charge is 0.335 e. The summed E-state index contributed by atoms with van der Waals surface area (Å²) in [6, 6.07) is 4.68. The normalized spacial score (nSPS) is 15.5. The average molecular weight is 209 g/mol. The summed E-state index contributed by atoms with van der Waals surface area (Å²) in [6.45, 7) is 2.75. The van der Waals surface area contributed by atoms with E-state index in [0.717, 1.165) is 6.54 Å². The maximum atomic E-state index is 11.7. The van der Waals surface area contributed by atoms with Crippen molar-refractivity contribution < 1.29 is 4.79 Å². The van der Waals surface area contributed by atoms with Crippen LogP contribution in [0.2, 0.25) is 0 Å². The SMILES string of the molecule is CCC(=O)N(Cc1cccs1)C1CC1. The summed E-state index contributed by atoms with van der Waals surface area (Å²) in [4.78, 5) is 15.0. The van der Waals surface area contributed by atoms with Gasteiger partial charge in [0.25, 0.3) is 0 Å². The highest BCUT2D eigenvalue weighted by atomic mass is 32.1. The minimum Gasteiger partial charge on any atom is -0.335 e. The van der Waals surface area contributed by atoms with E-state index in [9.17, 15) is 4.79 Å². The fraction of sp³-hybridized carbons (Fsp3) is 0.545. The van der Waals surface area contributed by atoms with Crippen LogP contribution >= 0.6 is 11.3 Å². The lowest BCUT2D eigenvalue weighted by molar-refractivity contribution is -0.132. The fourth-order valence-electron chi connectivity index (χ4n) is 1.58. The molecular weight excluding hydrogens is 194 g/mol. The third-order valence-corrected chi connectivity index (χ3v) is 3.38. The molecule has 2 nitrogen and oxygen atoms in total. The molecule has 0 radical (unpaired) electrons. The van der Waals surface area contributed by atoms with E-state index >= 15 is 0 Å². The summed E-state index contributed by atoms with van der Waals surface area (Å²) in [6.07, 6.45) is 3.01. The maximum absolute atomic E-state index is 11.7. The molecule has 1 aromatic heterocycles. The van der Waals surface area contributed by atoms with Crippen LogP contribution in [0.1, 0.15) is 31.1 Å². The molecule has 1 aliphatic rings. The summed E-state index contributed by atoms with van der Waals surface area (Å²) >= 11 is 1.73. The van der Waals surface area contributed by atoms with Gasteiger partial charge in [0.1, 0.15) is 0 Å². The number of nitrogens with zero attached hydrogens (tertiary/aromatic N) is 1. The van der Waals surface area contributed by atoms with Crippen molar-refractivity contribution in [1.82, 2.24) is 4.90 Å². The molecule has 76 valence electrons. The van der Waals surface area contributed by atoms with E-state index < -0.39 is 0 Å². The summed E-state index contributed by atoms with van der Waals surface area (Å²) < 4.78 is 0. The third kappa shape index (κ3) is 2.15. The monoisotopic (exact) mass is 209 g/mol. The predicted octanol–water partition coefficient (Wildman–Crippen LogP) is 2.65. The number of hydrogen-bond donors (Lipinski definition) is 0. The van der Waals surface area contributed by atoms with Crippen molar-refractivity contribution in [3.8, 4) is 0 Å². The van der Waals surface area contributed by atoms with Crippen LogP contribution in [0.25, 0.3) is 0 Å². The highest BCUT2D eigenvalue weighted by Crippen LogP contribution is 2.29. The molecule has 14 heavy (non-hydrogen) atoms. The van der Waals surface area contributed by atoms with E-state index in [1.807, 2.05) is 17.9 Å². The van der Waals surface area contributed by atoms with E-state index in [0.29, 0.717) is 18.4 Å². The van der Waals surface area contributed by atoms with Crippen LogP contribution in [0.15, 0.2) is 17.5 Å². The number of rotatable bonds is 4. The molecule has 1 heterocycles. The standard InChI is InChI=1S/C11H15NOS/c1-2-11(13)12(9-5-6-9)8-10-4-3-7-14-10/h3-4,7,9H,2,5-6,8H2,1H3. The summed E-state index contributed by atoms with van der Waals surface area (Å²) in [7, 11) is 0. The van der Waals surface area contributed by atoms with E-state index in [2.05, 4.69) is 11.4 Å². The molecule has 1 amide bonds. The Labute approximate surface area is 88.5 Å². The highest BCUT2D eigenvalue weighted by Gasteiger charge is 2.31. The lowest BCUT2D eigenvalue weighted by Crippen LogP contribution is -2.31. The molecule has 0 saturated heterocycles. The van der Waals surface area contributed by atoms with Crippen LogP contribution in [0.3, 0.4) is 0 Å². The summed E-state index contributed by atoms with van der Waals surface area (Å²) in [5.41, 5.74) is 0. The van der Waals surface area contributed by atoms with E-state index in [4.69, 9.17) is 0 Å². The van der Waals surface area contributed by atoms with Gasteiger partial charge in [0.2, 0.25) is 5.91 Å². The van der Waals surface area contributed by atoms with Crippen molar-refractivity contribution >= 4 is 17.2 Å². The Balaban J connectivity index is 2.00. The first-order valence-electron chi connectivity index (χ1n) is 5.13. The summed E-state index contributed by atoms with van der Waals surface area (Å²) in [5.74, 6) is 0.293. The Bertz CT molecular complexity index is 303. The Morgan fingerprint density at radius 3 is 2.93 bits per heavy atom. The van der Waals surface area contributed by atoms with Gasteiger partial charge in [0, 0.05) is 17.3 Å². The second-order valence-corrected chi connectivity index (χ2v) is 4.72. The predicted molar refractivity (Wildman–Crippen MR) is 58.2 cm³/mol. The van der Waals surface area contributed by atoms with Gasteiger partial charge in [-0.2, -0.15) is 0 Å². The quantitative estimate of drug-likeness (QED) is 0.746. The van der Waals surface area contributed by atoms with Crippen molar-refractivity contribution in [2.75, 3.05) is 0 Å². The molecule has 0 N–H and O–H groups in total. The Hall–Kier alpha value is -0.830. The molecule has 0 aromatic carbocycles. The second-order valence-electron chi connectivity index (χ2n) is 3.69. The van der Waals surface area contributed by atoms with E-state index in [-0.39, 0.29) is 0 Å². The Morgan fingerprint density at radius 2 is 2.43 bits per heavy atom. The molecule has 0 atom stereocenters. The Kier molecular flexibility index (Phi) is 2.87. The lowest BCUT2D eigenvalue weighted by Gasteiger charge is -2.20. The van der Waals surface area contributed by atoms with Gasteiger partial charge in [-0.05, 0) is 24.3 Å². The van der Waals surface area contributed by atoms with Crippen LogP contribution in [-0.2, 0) is 11.3 Å². The van der Waals surface area contributed by atoms with Gasteiger partial charge in [-0.15, -0.1) is 11.3 Å². The molecule has 1 fully saturated rings. The van der Waals surface area contributed by atoms with Gasteiger partial charge >= 0.3 is 0 Å². The zero-order valence-corrected chi connectivity index (χ0v) is 9.22. The molecule has 0 unspecified atom stereocenters. The van der Waals surface area contributed by atoms with Crippen LogP contribution in [0.5, 0.6) is 0 Å². The first-order valence-corrected chi connectivity index (χ1v) is 6.01. The zero-order valence-electron chi connectivity index (χ0n) is 8.40. The number of hydrogen-bond acceptors (Lipinski definition) is 2. The van der Waals surface area contributed by atoms with Crippen LogP contribution in [0, 0.1) is 0 Å². The van der Waals surface area contributed by atoms with Crippen LogP contribution in [-0.4, -0.2) is 16.8 Å². The van der Waals surface area contributed by atoms with Crippen molar-refractivity contribution in [3.05, 3.63) is 22.4 Å². The molecule has 1 aromatic rings. The van der Waals surface area contributed by atoms with Gasteiger partial charge in [-0.1, -0.05) is 13.0 Å². The smallest absolute Gasteiger partial charge is 0.222 e. The topological polar surface area (TPSA) is 20.3 Å². The van der Waals surface area contributed by atoms with Crippen LogP contribution < -0.4 is 0 Å². The van der Waals surface area contributed by atoms with Crippen molar-refractivity contribution in [1.29, 1.82) is 0 Å². The van der Waals surface area contributed by atoms with Gasteiger partial charge in [0.05, 0.1) is 6.54 Å². The van der Waals surface area contributed by atoms with Crippen LogP contribution in [0.4, 0.5) is 0 Å². The molecule has 0 spiro atoms. The first-order chi connectivity index (χ1) is 6.81. The molecule has 2 rings (SSSR count). The molecule has 1 saturated carbocycles. The highest BCUT2D eigenvalue weighted by molar-refractivity contribution is 7.09. The molecule has 1 aliphatic carbocycles. The van der Waals surface area contributed by atoms with Gasteiger partial charge in [-0.25, -0.2) is 0 Å². The molecular formula is C11H15NOS. The molecule has 3 heteroatoms. The minimum atomic E-state index is 0.293. The van der Waals surface area contributed by atoms with Crippen molar-refractivity contribution in [2.24, 2.45) is 0 Å². The number of thiophene rings is 1. The lowest BCUT2D eigenvalue weighted by atomic mass is 10.3. The maximum Gasteiger partial charge on any atom is 0.222 e. The Morgan fingerprint density at radius 1 is 1.64 bits per heavy atom. The zero-order chi connectivity index (χ0) is 9.97. The molecule has 0 aliphatic heterocycles. The number of carbonyl (C=O) groups is 1. The minimum absolute atomic E-state index is 0.293. The fourth-order valence-corrected chi connectivity index (χ4v) is 2.28. The van der Waals surface area contributed by atoms with E-state index in [1.54, 1.807) is 11.3 Å². The number of carbonyl (C=O) groups excluding carboxylic acids is 1. The third-order valence-electron chi connectivity index (χ3n) is 2.52. The molecule has 0 bridgehead atoms. The van der Waals surface area contributed by atoms with Crippen molar-refractivity contribution in [2.45, 2.75) is 38.8 Å². The number of amides is 1. The van der Waals surface area contributed by atoms with Gasteiger partial charge < -0.3 is 4.90 Å². The second kappa shape index (κ2) is 4.13. The van der Waals surface area contributed by atoms with Gasteiger partial charge in [0.15, 0.2) is 0 Å². The average Bonchev–Trinajstić information content (AvgIpc) is 2.92.